The Morgan fingerprint density at radius 2 is 1.75 bits per heavy atom. The molecule has 0 heterocycles. The quantitative estimate of drug-likeness (QED) is 0.812. The first-order valence-electron chi connectivity index (χ1n) is 7.48. The van der Waals surface area contributed by atoms with Gasteiger partial charge in [0, 0.05) is 29.9 Å². The number of benzene rings is 2. The summed E-state index contributed by atoms with van der Waals surface area (Å²) in [5, 5.41) is 3.04. The molecule has 0 spiro atoms. The van der Waals surface area contributed by atoms with E-state index in [9.17, 15) is 18.0 Å². The largest absolute Gasteiger partial charge is 0.416 e. The van der Waals surface area contributed by atoms with Crippen LogP contribution in [0.15, 0.2) is 48.5 Å². The highest BCUT2D eigenvalue weighted by atomic mass is 19.4. The molecule has 128 valence electrons. The van der Waals surface area contributed by atoms with Crippen LogP contribution in [0.2, 0.25) is 0 Å². The minimum Gasteiger partial charge on any atom is -0.383 e. The number of anilines is 1. The molecule has 0 saturated carbocycles. The monoisotopic (exact) mass is 336 g/mol. The molecule has 0 fully saturated rings. The third-order valence-electron chi connectivity index (χ3n) is 3.50. The third-order valence-corrected chi connectivity index (χ3v) is 3.50. The van der Waals surface area contributed by atoms with Gasteiger partial charge in [0.25, 0.3) is 0 Å². The number of ketones is 1. The van der Waals surface area contributed by atoms with E-state index in [1.54, 1.807) is 30.3 Å². The van der Waals surface area contributed by atoms with Crippen LogP contribution in [0.3, 0.4) is 0 Å². The number of carbonyl (C=O) groups is 1. The average Bonchev–Trinajstić information content (AvgIpc) is 2.54. The normalized spacial score (nSPS) is 11.6. The molecule has 0 radical (unpaired) electrons. The molecule has 1 N–H and O–H groups in total. The fourth-order valence-electron chi connectivity index (χ4n) is 2.22. The van der Waals surface area contributed by atoms with Gasteiger partial charge in [-0.05, 0) is 32.3 Å². The van der Waals surface area contributed by atoms with Gasteiger partial charge in [-0.3, -0.25) is 4.79 Å². The average molecular weight is 336 g/mol. The lowest BCUT2D eigenvalue weighted by molar-refractivity contribution is -0.137. The number of carbonyl (C=O) groups excluding carboxylic acids is 1. The van der Waals surface area contributed by atoms with Crippen LogP contribution in [-0.4, -0.2) is 37.9 Å². The molecule has 0 bridgehead atoms. The fourth-order valence-corrected chi connectivity index (χ4v) is 2.22. The molecule has 2 aromatic rings. The highest BCUT2D eigenvalue weighted by molar-refractivity contribution is 6.12. The van der Waals surface area contributed by atoms with Gasteiger partial charge in [0.15, 0.2) is 5.78 Å². The first-order valence-corrected chi connectivity index (χ1v) is 7.48. The molecule has 0 atom stereocenters. The second-order valence-corrected chi connectivity index (χ2v) is 5.68. The lowest BCUT2D eigenvalue weighted by Crippen LogP contribution is -2.22. The van der Waals surface area contributed by atoms with Gasteiger partial charge in [-0.15, -0.1) is 0 Å². The molecule has 0 saturated heterocycles. The summed E-state index contributed by atoms with van der Waals surface area (Å²) in [7, 11) is 3.79. The molecule has 0 aliphatic rings. The van der Waals surface area contributed by atoms with Crippen LogP contribution in [0.5, 0.6) is 0 Å². The number of rotatable bonds is 6. The SMILES string of the molecule is CN(C)CCNc1ccc(C(F)(F)F)cc1C(=O)c1ccccc1. The van der Waals surface area contributed by atoms with Crippen molar-refractivity contribution in [3.05, 3.63) is 65.2 Å². The molecule has 2 aromatic carbocycles. The minimum atomic E-state index is -4.49. The summed E-state index contributed by atoms with van der Waals surface area (Å²) >= 11 is 0. The molecule has 0 aromatic heterocycles. The van der Waals surface area contributed by atoms with Crippen LogP contribution >= 0.6 is 0 Å². The van der Waals surface area contributed by atoms with Crippen LogP contribution in [0.1, 0.15) is 21.5 Å². The number of nitrogens with one attached hydrogen (secondary N) is 1. The van der Waals surface area contributed by atoms with E-state index >= 15 is 0 Å². The molecule has 2 rings (SSSR count). The van der Waals surface area contributed by atoms with E-state index in [1.807, 2.05) is 19.0 Å². The first kappa shape index (κ1) is 18.0. The standard InChI is InChI=1S/C18H19F3N2O/c1-23(2)11-10-22-16-9-8-14(18(19,20)21)12-15(16)17(24)13-6-4-3-5-7-13/h3-9,12,22H,10-11H2,1-2H3. The van der Waals surface area contributed by atoms with Crippen molar-refractivity contribution in [2.24, 2.45) is 0 Å². The van der Waals surface area contributed by atoms with Crippen LogP contribution in [-0.2, 0) is 6.18 Å². The maximum atomic E-state index is 13.0. The van der Waals surface area contributed by atoms with Gasteiger partial charge in [0.05, 0.1) is 5.56 Å². The molecule has 0 aliphatic carbocycles. The minimum absolute atomic E-state index is 0.0229. The van der Waals surface area contributed by atoms with E-state index in [-0.39, 0.29) is 5.56 Å². The smallest absolute Gasteiger partial charge is 0.383 e. The molecule has 24 heavy (non-hydrogen) atoms. The van der Waals surface area contributed by atoms with Gasteiger partial charge in [0.2, 0.25) is 0 Å². The van der Waals surface area contributed by atoms with E-state index < -0.39 is 17.5 Å². The second kappa shape index (κ2) is 7.49. The second-order valence-electron chi connectivity index (χ2n) is 5.68. The topological polar surface area (TPSA) is 32.3 Å². The molecular weight excluding hydrogens is 317 g/mol. The molecular formula is C18H19F3N2O. The van der Waals surface area contributed by atoms with Crippen molar-refractivity contribution in [2.75, 3.05) is 32.5 Å². The van der Waals surface area contributed by atoms with Crippen molar-refractivity contribution >= 4 is 11.5 Å². The van der Waals surface area contributed by atoms with Crippen LogP contribution in [0.25, 0.3) is 0 Å². The summed E-state index contributed by atoms with van der Waals surface area (Å²) in [6.07, 6.45) is -4.49. The number of nitrogens with zero attached hydrogens (tertiary/aromatic N) is 1. The highest BCUT2D eigenvalue weighted by Crippen LogP contribution is 2.32. The summed E-state index contributed by atoms with van der Waals surface area (Å²) in [6, 6.07) is 11.5. The van der Waals surface area contributed by atoms with Gasteiger partial charge >= 0.3 is 6.18 Å². The Labute approximate surface area is 139 Å². The molecule has 3 nitrogen and oxygen atoms in total. The zero-order valence-electron chi connectivity index (χ0n) is 13.5. The van der Waals surface area contributed by atoms with Crippen molar-refractivity contribution in [3.8, 4) is 0 Å². The van der Waals surface area contributed by atoms with Crippen molar-refractivity contribution in [2.45, 2.75) is 6.18 Å². The zero-order chi connectivity index (χ0) is 17.7. The van der Waals surface area contributed by atoms with Crippen LogP contribution in [0, 0.1) is 0 Å². The Morgan fingerprint density at radius 1 is 1.08 bits per heavy atom. The van der Waals surface area contributed by atoms with Gasteiger partial charge in [0.1, 0.15) is 0 Å². The predicted molar refractivity (Wildman–Crippen MR) is 88.4 cm³/mol. The maximum Gasteiger partial charge on any atom is 0.416 e. The Kier molecular flexibility index (Phi) is 5.62. The predicted octanol–water partition coefficient (Wildman–Crippen LogP) is 3.91. The fraction of sp³-hybridized carbons (Fsp3) is 0.278. The molecule has 6 heteroatoms. The number of hydrogen-bond acceptors (Lipinski definition) is 3. The van der Waals surface area contributed by atoms with E-state index in [0.29, 0.717) is 24.3 Å². The summed E-state index contributed by atoms with van der Waals surface area (Å²) in [4.78, 5) is 14.6. The van der Waals surface area contributed by atoms with Gasteiger partial charge in [-0.2, -0.15) is 13.2 Å². The highest BCUT2D eigenvalue weighted by Gasteiger charge is 2.31. The Morgan fingerprint density at radius 3 is 2.33 bits per heavy atom. The maximum absolute atomic E-state index is 13.0. The number of hydrogen-bond donors (Lipinski definition) is 1. The Bertz CT molecular complexity index is 697. The number of halogens is 3. The van der Waals surface area contributed by atoms with Gasteiger partial charge in [-0.25, -0.2) is 0 Å². The van der Waals surface area contributed by atoms with Crippen molar-refractivity contribution in [1.29, 1.82) is 0 Å². The van der Waals surface area contributed by atoms with Crippen molar-refractivity contribution in [3.63, 3.8) is 0 Å². The van der Waals surface area contributed by atoms with E-state index in [0.717, 1.165) is 12.1 Å². The lowest BCUT2D eigenvalue weighted by atomic mass is 9.99. The van der Waals surface area contributed by atoms with Gasteiger partial charge in [-0.1, -0.05) is 30.3 Å². The Balaban J connectivity index is 2.38. The molecule has 0 amide bonds. The third kappa shape index (κ3) is 4.58. The van der Waals surface area contributed by atoms with Crippen LogP contribution in [0.4, 0.5) is 18.9 Å². The van der Waals surface area contributed by atoms with Crippen molar-refractivity contribution in [1.82, 2.24) is 4.90 Å². The van der Waals surface area contributed by atoms with Crippen molar-refractivity contribution < 1.29 is 18.0 Å². The van der Waals surface area contributed by atoms with Gasteiger partial charge < -0.3 is 10.2 Å². The van der Waals surface area contributed by atoms with E-state index in [2.05, 4.69) is 5.32 Å². The van der Waals surface area contributed by atoms with E-state index in [1.165, 1.54) is 6.07 Å². The summed E-state index contributed by atoms with van der Waals surface area (Å²) in [5.41, 5.74) is -0.0547. The molecule has 0 unspecified atom stereocenters. The van der Waals surface area contributed by atoms with E-state index in [4.69, 9.17) is 0 Å². The zero-order valence-corrected chi connectivity index (χ0v) is 13.5. The number of likely N-dealkylation sites (N-methyl/N-ethyl adjacent to an activating group) is 1. The number of alkyl halides is 3. The summed E-state index contributed by atoms with van der Waals surface area (Å²) < 4.78 is 39.0. The summed E-state index contributed by atoms with van der Waals surface area (Å²) in [6.45, 7) is 1.22. The first-order chi connectivity index (χ1) is 11.3. The van der Waals surface area contributed by atoms with Crippen LogP contribution < -0.4 is 5.32 Å². The Hall–Kier alpha value is -2.34. The molecule has 0 aliphatic heterocycles. The summed E-state index contributed by atoms with van der Waals surface area (Å²) in [5.74, 6) is -0.436. The lowest BCUT2D eigenvalue weighted by Gasteiger charge is -2.16.